The van der Waals surface area contributed by atoms with Crippen LogP contribution in [0.3, 0.4) is 0 Å². The number of anilines is 1. The molecule has 4 aliphatic rings. The van der Waals surface area contributed by atoms with E-state index in [4.69, 9.17) is 11.6 Å². The normalized spacial score (nSPS) is 26.4. The molecule has 2 amide bonds. The van der Waals surface area contributed by atoms with Crippen LogP contribution in [0.4, 0.5) is 18.9 Å². The van der Waals surface area contributed by atoms with E-state index in [1.165, 1.54) is 13.0 Å². The minimum absolute atomic E-state index is 0.211. The second kappa shape index (κ2) is 7.04. The summed E-state index contributed by atoms with van der Waals surface area (Å²) >= 11 is 5.77. The molecule has 0 aromatic heterocycles. The van der Waals surface area contributed by atoms with Crippen molar-refractivity contribution in [2.24, 2.45) is 11.8 Å². The van der Waals surface area contributed by atoms with Gasteiger partial charge < -0.3 is 0 Å². The number of carbonyl (C=O) groups excluding carboxylic acids is 3. The summed E-state index contributed by atoms with van der Waals surface area (Å²) in [5.41, 5.74) is 0.170. The number of alkyl halides is 3. The van der Waals surface area contributed by atoms with Crippen molar-refractivity contribution in [3.63, 3.8) is 0 Å². The minimum atomic E-state index is -4.77. The Morgan fingerprint density at radius 2 is 1.49 bits per heavy atom. The average molecular weight is 496 g/mol. The molecule has 0 spiro atoms. The molecule has 2 bridgehead atoms. The summed E-state index contributed by atoms with van der Waals surface area (Å²) in [6.07, 6.45) is -4.77. The molecule has 176 valence electrons. The Balaban J connectivity index is 1.61. The highest BCUT2D eigenvalue weighted by molar-refractivity contribution is 6.32. The monoisotopic (exact) mass is 495 g/mol. The molecule has 0 N–H and O–H groups in total. The van der Waals surface area contributed by atoms with Gasteiger partial charge in [0.05, 0.1) is 33.5 Å². The smallest absolute Gasteiger partial charge is 0.299 e. The van der Waals surface area contributed by atoms with Crippen LogP contribution in [0.2, 0.25) is 5.02 Å². The summed E-state index contributed by atoms with van der Waals surface area (Å²) in [5.74, 6) is -4.06. The molecule has 7 rings (SSSR count). The highest BCUT2D eigenvalue weighted by Crippen LogP contribution is 2.64. The van der Waals surface area contributed by atoms with Gasteiger partial charge in [-0.05, 0) is 47.4 Å². The molecular weight excluding hydrogens is 479 g/mol. The van der Waals surface area contributed by atoms with E-state index in [9.17, 15) is 27.6 Å². The first-order valence-electron chi connectivity index (χ1n) is 11.0. The highest BCUT2D eigenvalue weighted by Gasteiger charge is 2.70. The topological polar surface area (TPSA) is 54.5 Å². The number of halogens is 4. The number of amides is 2. The molecule has 0 saturated carbocycles. The average Bonchev–Trinajstić information content (AvgIpc) is 3.09. The number of benzene rings is 3. The van der Waals surface area contributed by atoms with E-state index in [-0.39, 0.29) is 11.5 Å². The zero-order chi connectivity index (χ0) is 24.9. The van der Waals surface area contributed by atoms with Gasteiger partial charge in [-0.25, -0.2) is 4.90 Å². The number of ketones is 1. The predicted octanol–water partition coefficient (Wildman–Crippen LogP) is 5.50. The van der Waals surface area contributed by atoms with Gasteiger partial charge in [-0.2, -0.15) is 13.2 Å². The third-order valence-corrected chi connectivity index (χ3v) is 8.02. The van der Waals surface area contributed by atoms with Gasteiger partial charge in [0.25, 0.3) is 0 Å². The van der Waals surface area contributed by atoms with Crippen molar-refractivity contribution in [3.05, 3.63) is 99.6 Å². The second-order valence-electron chi connectivity index (χ2n) is 9.19. The van der Waals surface area contributed by atoms with Crippen molar-refractivity contribution in [2.75, 3.05) is 4.90 Å². The zero-order valence-corrected chi connectivity index (χ0v) is 19.0. The lowest BCUT2D eigenvalue weighted by Crippen LogP contribution is -2.57. The highest BCUT2D eigenvalue weighted by atomic mass is 35.5. The van der Waals surface area contributed by atoms with Crippen molar-refractivity contribution in [3.8, 4) is 0 Å². The van der Waals surface area contributed by atoms with Crippen LogP contribution >= 0.6 is 11.6 Å². The molecule has 1 heterocycles. The molecule has 3 aromatic carbocycles. The van der Waals surface area contributed by atoms with Crippen LogP contribution in [0.15, 0.2) is 66.7 Å². The maximum Gasteiger partial charge on any atom is 0.417 e. The largest absolute Gasteiger partial charge is 0.417 e. The van der Waals surface area contributed by atoms with Crippen LogP contribution in [0.25, 0.3) is 0 Å². The quantitative estimate of drug-likeness (QED) is 0.441. The second-order valence-corrected chi connectivity index (χ2v) is 9.60. The standard InChI is InChI=1S/C27H17ClF3NO3/c1-13(33)26-17-8-4-2-6-15(17)21(16-7-3-5-9-18(16)26)22-23(26)25(35)32(24(22)34)14-10-11-20(28)19(12-14)27(29,30)31/h2-12,21-23H,1H3. The van der Waals surface area contributed by atoms with Crippen molar-refractivity contribution < 1.29 is 27.6 Å². The van der Waals surface area contributed by atoms with Gasteiger partial charge in [0.2, 0.25) is 11.8 Å². The van der Waals surface area contributed by atoms with Crippen molar-refractivity contribution in [1.82, 2.24) is 0 Å². The fourth-order valence-corrected chi connectivity index (χ4v) is 6.72. The molecule has 1 fully saturated rings. The van der Waals surface area contributed by atoms with Crippen molar-refractivity contribution in [1.29, 1.82) is 0 Å². The summed E-state index contributed by atoms with van der Waals surface area (Å²) in [5, 5.41) is -0.530. The third kappa shape index (κ3) is 2.62. The van der Waals surface area contributed by atoms with E-state index >= 15 is 0 Å². The number of carbonyl (C=O) groups is 3. The molecule has 0 radical (unpaired) electrons. The van der Waals surface area contributed by atoms with Crippen molar-refractivity contribution >= 4 is 34.9 Å². The Kier molecular flexibility index (Phi) is 4.43. The molecular formula is C27H17ClF3NO3. The summed E-state index contributed by atoms with van der Waals surface area (Å²) in [6.45, 7) is 1.40. The number of nitrogens with zero attached hydrogens (tertiary/aromatic N) is 1. The van der Waals surface area contributed by atoms with Crippen LogP contribution in [-0.2, 0) is 26.0 Å². The maximum absolute atomic E-state index is 14.0. The Hall–Kier alpha value is -3.45. The fourth-order valence-electron chi connectivity index (χ4n) is 6.49. The first-order chi connectivity index (χ1) is 16.6. The van der Waals surface area contributed by atoms with Gasteiger partial charge in [0.15, 0.2) is 0 Å². The number of hydrogen-bond acceptors (Lipinski definition) is 3. The minimum Gasteiger partial charge on any atom is -0.299 e. The Labute approximate surface area is 203 Å². The number of imide groups is 1. The summed E-state index contributed by atoms with van der Waals surface area (Å²) in [6, 6.07) is 17.5. The number of Topliss-reactive ketones (excluding diaryl/α,β-unsaturated/α-hetero) is 1. The van der Waals surface area contributed by atoms with Crippen LogP contribution < -0.4 is 4.90 Å². The van der Waals surface area contributed by atoms with Gasteiger partial charge >= 0.3 is 6.18 Å². The molecule has 8 heteroatoms. The molecule has 4 nitrogen and oxygen atoms in total. The summed E-state index contributed by atoms with van der Waals surface area (Å²) in [4.78, 5) is 42.1. The molecule has 2 unspecified atom stereocenters. The van der Waals surface area contributed by atoms with Crippen LogP contribution in [0.1, 0.15) is 40.7 Å². The Morgan fingerprint density at radius 1 is 0.914 bits per heavy atom. The van der Waals surface area contributed by atoms with Crippen LogP contribution in [0, 0.1) is 11.8 Å². The van der Waals surface area contributed by atoms with E-state index in [0.29, 0.717) is 11.1 Å². The SMILES string of the molecule is CC(=O)C12c3ccccc3C(c3ccccc31)C1C(=O)N(c3ccc(Cl)c(C(F)(F)F)c3)C(=O)C12. The lowest BCUT2D eigenvalue weighted by atomic mass is 9.46. The Morgan fingerprint density at radius 3 is 2.03 bits per heavy atom. The molecule has 3 aliphatic carbocycles. The molecule has 35 heavy (non-hydrogen) atoms. The van der Waals surface area contributed by atoms with E-state index in [0.717, 1.165) is 28.2 Å². The van der Waals surface area contributed by atoms with E-state index in [2.05, 4.69) is 0 Å². The molecule has 2 atom stereocenters. The molecule has 3 aromatic rings. The fraction of sp³-hybridized carbons (Fsp3) is 0.222. The third-order valence-electron chi connectivity index (χ3n) is 7.69. The van der Waals surface area contributed by atoms with Gasteiger partial charge in [-0.3, -0.25) is 14.4 Å². The van der Waals surface area contributed by atoms with E-state index in [1.807, 2.05) is 24.3 Å². The maximum atomic E-state index is 14.0. The predicted molar refractivity (Wildman–Crippen MR) is 122 cm³/mol. The first-order valence-corrected chi connectivity index (χ1v) is 11.4. The van der Waals surface area contributed by atoms with Crippen LogP contribution in [-0.4, -0.2) is 17.6 Å². The van der Waals surface area contributed by atoms with Gasteiger partial charge in [0, 0.05) is 5.92 Å². The van der Waals surface area contributed by atoms with E-state index in [1.54, 1.807) is 24.3 Å². The van der Waals surface area contributed by atoms with Gasteiger partial charge in [-0.1, -0.05) is 60.1 Å². The molecule has 1 saturated heterocycles. The summed E-state index contributed by atoms with van der Waals surface area (Å²) in [7, 11) is 0. The lowest BCUT2D eigenvalue weighted by molar-refractivity contribution is -0.137. The molecule has 1 aliphatic heterocycles. The zero-order valence-electron chi connectivity index (χ0n) is 18.3. The van der Waals surface area contributed by atoms with E-state index < -0.39 is 51.7 Å². The number of hydrogen-bond donors (Lipinski definition) is 0. The van der Waals surface area contributed by atoms with Crippen LogP contribution in [0.5, 0.6) is 0 Å². The lowest BCUT2D eigenvalue weighted by Gasteiger charge is -2.52. The van der Waals surface area contributed by atoms with Crippen molar-refractivity contribution in [2.45, 2.75) is 24.4 Å². The van der Waals surface area contributed by atoms with Gasteiger partial charge in [0.1, 0.15) is 5.78 Å². The number of rotatable bonds is 2. The Bertz CT molecular complexity index is 1420. The summed E-state index contributed by atoms with van der Waals surface area (Å²) < 4.78 is 40.6. The van der Waals surface area contributed by atoms with Gasteiger partial charge in [-0.15, -0.1) is 0 Å². The first kappa shape index (κ1) is 22.0.